The van der Waals surface area contributed by atoms with Gasteiger partial charge in [0.05, 0.1) is 17.5 Å². The van der Waals surface area contributed by atoms with Crippen molar-refractivity contribution in [3.63, 3.8) is 0 Å². The molecule has 0 aliphatic heterocycles. The second-order valence-corrected chi connectivity index (χ2v) is 3.20. The second kappa shape index (κ2) is 5.30. The summed E-state index contributed by atoms with van der Waals surface area (Å²) in [4.78, 5) is 4.12. The minimum Gasteiger partial charge on any atom is -0.492 e. The fraction of sp³-hybridized carbons (Fsp3) is 0.444. The van der Waals surface area contributed by atoms with Crippen molar-refractivity contribution >= 4 is 23.2 Å². The van der Waals surface area contributed by atoms with Crippen LogP contribution < -0.4 is 4.74 Å². The van der Waals surface area contributed by atoms with Crippen LogP contribution in [0, 0.1) is 6.92 Å². The average Bonchev–Trinajstić information content (AvgIpc) is 2.16. The number of pyridine rings is 1. The highest BCUT2D eigenvalue weighted by Gasteiger charge is 2.04. The molecule has 0 unspecified atom stereocenters. The summed E-state index contributed by atoms with van der Waals surface area (Å²) in [6, 6.07) is 1.82. The fourth-order valence-corrected chi connectivity index (χ4v) is 1.35. The van der Waals surface area contributed by atoms with Crippen LogP contribution in [0.4, 0.5) is 0 Å². The highest BCUT2D eigenvalue weighted by atomic mass is 35.5. The normalized spacial score (nSPS) is 10.1. The summed E-state index contributed by atoms with van der Waals surface area (Å²) in [5, 5.41) is 0. The van der Waals surface area contributed by atoms with Crippen LogP contribution in [0.1, 0.15) is 11.3 Å². The number of nitrogens with zero attached hydrogens (tertiary/aromatic N) is 1. The Morgan fingerprint density at radius 1 is 1.46 bits per heavy atom. The first kappa shape index (κ1) is 10.6. The van der Waals surface area contributed by atoms with Crippen molar-refractivity contribution in [2.24, 2.45) is 0 Å². The predicted octanol–water partition coefficient (Wildman–Crippen LogP) is 2.75. The van der Waals surface area contributed by atoms with Gasteiger partial charge in [0.1, 0.15) is 12.4 Å². The third kappa shape index (κ3) is 2.75. The Morgan fingerprint density at radius 2 is 2.23 bits per heavy atom. The molecule has 2 nitrogen and oxygen atoms in total. The molecule has 13 heavy (non-hydrogen) atoms. The maximum absolute atomic E-state index is 5.69. The number of hydrogen-bond donors (Lipinski definition) is 0. The van der Waals surface area contributed by atoms with E-state index in [9.17, 15) is 0 Å². The molecule has 0 atom stereocenters. The van der Waals surface area contributed by atoms with Crippen LogP contribution in [-0.2, 0) is 5.88 Å². The molecule has 0 bridgehead atoms. The van der Waals surface area contributed by atoms with Crippen LogP contribution >= 0.6 is 23.2 Å². The van der Waals surface area contributed by atoms with Gasteiger partial charge in [-0.3, -0.25) is 4.98 Å². The van der Waals surface area contributed by atoms with E-state index >= 15 is 0 Å². The first-order valence-corrected chi connectivity index (χ1v) is 5.05. The molecule has 1 aromatic rings. The monoisotopic (exact) mass is 219 g/mol. The van der Waals surface area contributed by atoms with Gasteiger partial charge in [-0.1, -0.05) is 0 Å². The van der Waals surface area contributed by atoms with Gasteiger partial charge in [-0.15, -0.1) is 23.2 Å². The van der Waals surface area contributed by atoms with E-state index in [1.165, 1.54) is 0 Å². The molecule has 0 amide bonds. The van der Waals surface area contributed by atoms with E-state index in [-0.39, 0.29) is 0 Å². The van der Waals surface area contributed by atoms with Crippen LogP contribution in [-0.4, -0.2) is 17.5 Å². The Bertz CT molecular complexity index is 278. The molecule has 0 aliphatic carbocycles. The minimum atomic E-state index is 0.407. The Kier molecular flexibility index (Phi) is 4.33. The average molecular weight is 220 g/mol. The summed E-state index contributed by atoms with van der Waals surface area (Å²) in [6.07, 6.45) is 1.69. The standard InChI is InChI=1S/C9H11Cl2NO/c1-7-8(6-11)12-4-2-9(7)13-5-3-10/h2,4H,3,5-6H2,1H3. The number of hydrogen-bond acceptors (Lipinski definition) is 2. The van der Waals surface area contributed by atoms with E-state index in [1.54, 1.807) is 6.20 Å². The summed E-state index contributed by atoms with van der Waals surface area (Å²) in [5.74, 6) is 1.70. The Balaban J connectivity index is 2.81. The first-order valence-electron chi connectivity index (χ1n) is 3.98. The zero-order valence-corrected chi connectivity index (χ0v) is 8.90. The van der Waals surface area contributed by atoms with E-state index in [4.69, 9.17) is 27.9 Å². The van der Waals surface area contributed by atoms with Crippen molar-refractivity contribution in [2.75, 3.05) is 12.5 Å². The highest BCUT2D eigenvalue weighted by Crippen LogP contribution is 2.20. The highest BCUT2D eigenvalue weighted by molar-refractivity contribution is 6.18. The van der Waals surface area contributed by atoms with Gasteiger partial charge in [-0.05, 0) is 13.0 Å². The van der Waals surface area contributed by atoms with Crippen molar-refractivity contribution < 1.29 is 4.74 Å². The van der Waals surface area contributed by atoms with Gasteiger partial charge in [0.25, 0.3) is 0 Å². The molecule has 1 heterocycles. The van der Waals surface area contributed by atoms with Crippen molar-refractivity contribution in [2.45, 2.75) is 12.8 Å². The number of ether oxygens (including phenoxy) is 1. The zero-order valence-electron chi connectivity index (χ0n) is 7.39. The Morgan fingerprint density at radius 3 is 2.85 bits per heavy atom. The van der Waals surface area contributed by atoms with Crippen molar-refractivity contribution in [3.8, 4) is 5.75 Å². The minimum absolute atomic E-state index is 0.407. The van der Waals surface area contributed by atoms with Crippen LogP contribution in [0.15, 0.2) is 12.3 Å². The van der Waals surface area contributed by atoms with E-state index < -0.39 is 0 Å². The van der Waals surface area contributed by atoms with Crippen molar-refractivity contribution in [1.29, 1.82) is 0 Å². The molecule has 0 N–H and O–H groups in total. The lowest BCUT2D eigenvalue weighted by Gasteiger charge is -2.09. The molecule has 0 aromatic carbocycles. The van der Waals surface area contributed by atoms with Gasteiger partial charge >= 0.3 is 0 Å². The lowest BCUT2D eigenvalue weighted by atomic mass is 10.2. The molecular weight excluding hydrogens is 209 g/mol. The van der Waals surface area contributed by atoms with E-state index in [1.807, 2.05) is 13.0 Å². The molecule has 0 saturated heterocycles. The predicted molar refractivity (Wildman–Crippen MR) is 54.7 cm³/mol. The molecule has 0 aliphatic rings. The SMILES string of the molecule is Cc1c(OCCCl)ccnc1CCl. The number of aromatic nitrogens is 1. The molecule has 4 heteroatoms. The Hall–Kier alpha value is -0.470. The van der Waals surface area contributed by atoms with Gasteiger partial charge < -0.3 is 4.74 Å². The molecule has 1 aromatic heterocycles. The lowest BCUT2D eigenvalue weighted by Crippen LogP contribution is -2.01. The number of halogens is 2. The first-order chi connectivity index (χ1) is 6.29. The van der Waals surface area contributed by atoms with Crippen LogP contribution in [0.3, 0.4) is 0 Å². The number of rotatable bonds is 4. The van der Waals surface area contributed by atoms with Gasteiger partial charge in [-0.2, -0.15) is 0 Å². The molecule has 72 valence electrons. The van der Waals surface area contributed by atoms with Gasteiger partial charge in [0.15, 0.2) is 0 Å². The maximum Gasteiger partial charge on any atom is 0.125 e. The van der Waals surface area contributed by atoms with E-state index in [2.05, 4.69) is 4.98 Å². The summed E-state index contributed by atoms with van der Waals surface area (Å²) in [6.45, 7) is 2.45. The van der Waals surface area contributed by atoms with Crippen LogP contribution in [0.5, 0.6) is 5.75 Å². The van der Waals surface area contributed by atoms with Gasteiger partial charge in [0, 0.05) is 11.8 Å². The van der Waals surface area contributed by atoms with E-state index in [0.717, 1.165) is 17.0 Å². The zero-order chi connectivity index (χ0) is 9.68. The second-order valence-electron chi connectivity index (χ2n) is 2.55. The summed E-state index contributed by atoms with van der Waals surface area (Å²) >= 11 is 11.2. The summed E-state index contributed by atoms with van der Waals surface area (Å²) < 4.78 is 5.40. The van der Waals surface area contributed by atoms with Crippen LogP contribution in [0.2, 0.25) is 0 Å². The third-order valence-corrected chi connectivity index (χ3v) is 2.13. The summed E-state index contributed by atoms with van der Waals surface area (Å²) in [7, 11) is 0. The van der Waals surface area contributed by atoms with Gasteiger partial charge in [0.2, 0.25) is 0 Å². The Labute approximate surface area is 87.8 Å². The van der Waals surface area contributed by atoms with Crippen molar-refractivity contribution in [3.05, 3.63) is 23.5 Å². The quantitative estimate of drug-likeness (QED) is 0.728. The fourth-order valence-electron chi connectivity index (χ4n) is 0.999. The lowest BCUT2D eigenvalue weighted by molar-refractivity contribution is 0.339. The molecule has 0 radical (unpaired) electrons. The molecule has 0 spiro atoms. The smallest absolute Gasteiger partial charge is 0.125 e. The third-order valence-electron chi connectivity index (χ3n) is 1.72. The molecule has 0 saturated carbocycles. The largest absolute Gasteiger partial charge is 0.492 e. The summed E-state index contributed by atoms with van der Waals surface area (Å²) in [5.41, 5.74) is 1.84. The molecule has 0 fully saturated rings. The maximum atomic E-state index is 5.69. The van der Waals surface area contributed by atoms with E-state index in [0.29, 0.717) is 18.4 Å². The topological polar surface area (TPSA) is 22.1 Å². The number of alkyl halides is 2. The van der Waals surface area contributed by atoms with Crippen molar-refractivity contribution in [1.82, 2.24) is 4.98 Å². The molecule has 1 rings (SSSR count). The van der Waals surface area contributed by atoms with Crippen LogP contribution in [0.25, 0.3) is 0 Å². The molecular formula is C9H11Cl2NO. The van der Waals surface area contributed by atoms with Gasteiger partial charge in [-0.25, -0.2) is 0 Å².